The van der Waals surface area contributed by atoms with Crippen LogP contribution >= 0.6 is 0 Å². The van der Waals surface area contributed by atoms with Crippen molar-refractivity contribution in [1.82, 2.24) is 14.8 Å². The molecular formula is C14H19N5O. The molecule has 0 aliphatic carbocycles. The van der Waals surface area contributed by atoms with Gasteiger partial charge in [0.05, 0.1) is 11.2 Å². The molecule has 1 unspecified atom stereocenters. The normalized spacial score (nSPS) is 13.8. The SMILES string of the molecule is CCCC(C)(N)C(=O)Nc1cccnc1-n1cccn1. The van der Waals surface area contributed by atoms with Crippen LogP contribution in [-0.2, 0) is 4.79 Å². The Hall–Kier alpha value is -2.21. The van der Waals surface area contributed by atoms with E-state index >= 15 is 0 Å². The fourth-order valence-corrected chi connectivity index (χ4v) is 1.97. The molecular weight excluding hydrogens is 254 g/mol. The number of rotatable bonds is 5. The van der Waals surface area contributed by atoms with Crippen LogP contribution in [0.1, 0.15) is 26.7 Å². The summed E-state index contributed by atoms with van der Waals surface area (Å²) >= 11 is 0. The van der Waals surface area contributed by atoms with Crippen molar-refractivity contribution in [3.63, 3.8) is 0 Å². The number of pyridine rings is 1. The molecule has 2 rings (SSSR count). The summed E-state index contributed by atoms with van der Waals surface area (Å²) in [4.78, 5) is 16.5. The summed E-state index contributed by atoms with van der Waals surface area (Å²) in [6.45, 7) is 3.73. The first-order chi connectivity index (χ1) is 9.54. The van der Waals surface area contributed by atoms with Gasteiger partial charge in [-0.1, -0.05) is 13.3 Å². The van der Waals surface area contributed by atoms with E-state index in [1.807, 2.05) is 6.92 Å². The van der Waals surface area contributed by atoms with E-state index in [2.05, 4.69) is 15.4 Å². The summed E-state index contributed by atoms with van der Waals surface area (Å²) in [5.74, 6) is 0.346. The molecule has 0 aromatic carbocycles. The first-order valence-electron chi connectivity index (χ1n) is 6.60. The molecule has 2 heterocycles. The lowest BCUT2D eigenvalue weighted by Gasteiger charge is -2.23. The summed E-state index contributed by atoms with van der Waals surface area (Å²) in [6, 6.07) is 5.34. The van der Waals surface area contributed by atoms with Crippen molar-refractivity contribution in [1.29, 1.82) is 0 Å². The fraction of sp³-hybridized carbons (Fsp3) is 0.357. The van der Waals surface area contributed by atoms with E-state index in [0.29, 0.717) is 17.9 Å². The number of nitrogens with one attached hydrogen (secondary N) is 1. The Balaban J connectivity index is 2.25. The van der Waals surface area contributed by atoms with Gasteiger partial charge in [-0.25, -0.2) is 9.67 Å². The minimum Gasteiger partial charge on any atom is -0.321 e. The minimum absolute atomic E-state index is 0.222. The van der Waals surface area contributed by atoms with Crippen molar-refractivity contribution in [2.75, 3.05) is 5.32 Å². The smallest absolute Gasteiger partial charge is 0.244 e. The number of nitrogens with two attached hydrogens (primary N) is 1. The van der Waals surface area contributed by atoms with E-state index in [1.165, 1.54) is 0 Å². The van der Waals surface area contributed by atoms with Gasteiger partial charge in [-0.15, -0.1) is 0 Å². The predicted molar refractivity (Wildman–Crippen MR) is 77.5 cm³/mol. The molecule has 0 aliphatic heterocycles. The quantitative estimate of drug-likeness (QED) is 0.868. The Bertz CT molecular complexity index is 577. The first kappa shape index (κ1) is 14.2. The summed E-state index contributed by atoms with van der Waals surface area (Å²) in [7, 11) is 0. The Labute approximate surface area is 118 Å². The molecule has 0 fully saturated rings. The molecule has 0 aliphatic rings. The first-order valence-corrected chi connectivity index (χ1v) is 6.60. The zero-order chi connectivity index (χ0) is 14.6. The second kappa shape index (κ2) is 5.83. The van der Waals surface area contributed by atoms with Gasteiger partial charge in [-0.3, -0.25) is 4.79 Å². The average Bonchev–Trinajstić information content (AvgIpc) is 2.93. The lowest BCUT2D eigenvalue weighted by atomic mass is 9.96. The van der Waals surface area contributed by atoms with Gasteiger partial charge in [0.1, 0.15) is 0 Å². The number of carbonyl (C=O) groups is 1. The van der Waals surface area contributed by atoms with Gasteiger partial charge >= 0.3 is 0 Å². The maximum Gasteiger partial charge on any atom is 0.244 e. The van der Waals surface area contributed by atoms with E-state index in [0.717, 1.165) is 6.42 Å². The highest BCUT2D eigenvalue weighted by atomic mass is 16.2. The lowest BCUT2D eigenvalue weighted by Crippen LogP contribution is -2.48. The van der Waals surface area contributed by atoms with Crippen LogP contribution in [0.3, 0.4) is 0 Å². The third-order valence-corrected chi connectivity index (χ3v) is 3.04. The van der Waals surface area contributed by atoms with Crippen molar-refractivity contribution in [2.24, 2.45) is 5.73 Å². The molecule has 1 amide bonds. The number of hydrogen-bond donors (Lipinski definition) is 2. The maximum absolute atomic E-state index is 12.3. The third kappa shape index (κ3) is 3.03. The van der Waals surface area contributed by atoms with Crippen LogP contribution in [0, 0.1) is 0 Å². The minimum atomic E-state index is -0.897. The van der Waals surface area contributed by atoms with Crippen molar-refractivity contribution in [3.8, 4) is 5.82 Å². The summed E-state index contributed by atoms with van der Waals surface area (Å²) in [5.41, 5.74) is 5.73. The number of anilines is 1. The van der Waals surface area contributed by atoms with E-state index in [4.69, 9.17) is 5.73 Å². The van der Waals surface area contributed by atoms with Crippen molar-refractivity contribution < 1.29 is 4.79 Å². The van der Waals surface area contributed by atoms with Gasteiger partial charge in [0.2, 0.25) is 5.91 Å². The topological polar surface area (TPSA) is 85.8 Å². The highest BCUT2D eigenvalue weighted by Gasteiger charge is 2.27. The van der Waals surface area contributed by atoms with Crippen molar-refractivity contribution in [2.45, 2.75) is 32.2 Å². The Morgan fingerprint density at radius 2 is 2.25 bits per heavy atom. The third-order valence-electron chi connectivity index (χ3n) is 3.04. The van der Waals surface area contributed by atoms with E-state index in [9.17, 15) is 4.79 Å². The number of hydrogen-bond acceptors (Lipinski definition) is 4. The Morgan fingerprint density at radius 3 is 2.90 bits per heavy atom. The number of nitrogens with zero attached hydrogens (tertiary/aromatic N) is 3. The van der Waals surface area contributed by atoms with Gasteiger partial charge in [0.25, 0.3) is 0 Å². The molecule has 0 radical (unpaired) electrons. The van der Waals surface area contributed by atoms with Crippen LogP contribution in [0.5, 0.6) is 0 Å². The van der Waals surface area contributed by atoms with Gasteiger partial charge in [0.15, 0.2) is 5.82 Å². The second-order valence-corrected chi connectivity index (χ2v) is 4.95. The summed E-state index contributed by atoms with van der Waals surface area (Å²) in [6.07, 6.45) is 6.55. The van der Waals surface area contributed by atoms with Gasteiger partial charge in [0, 0.05) is 18.6 Å². The van der Waals surface area contributed by atoms with Crippen LogP contribution < -0.4 is 11.1 Å². The fourth-order valence-electron chi connectivity index (χ4n) is 1.97. The molecule has 0 saturated heterocycles. The van der Waals surface area contributed by atoms with Gasteiger partial charge in [-0.05, 0) is 31.5 Å². The number of amides is 1. The molecule has 2 aromatic rings. The average molecular weight is 273 g/mol. The molecule has 2 aromatic heterocycles. The number of carbonyl (C=O) groups excluding carboxylic acids is 1. The van der Waals surface area contributed by atoms with Crippen LogP contribution in [0.2, 0.25) is 0 Å². The molecule has 0 saturated carbocycles. The van der Waals surface area contributed by atoms with Crippen molar-refractivity contribution in [3.05, 3.63) is 36.8 Å². The van der Waals surface area contributed by atoms with Crippen LogP contribution in [0.4, 0.5) is 5.69 Å². The molecule has 6 heteroatoms. The van der Waals surface area contributed by atoms with Crippen LogP contribution in [0.15, 0.2) is 36.8 Å². The molecule has 6 nitrogen and oxygen atoms in total. The Morgan fingerprint density at radius 1 is 1.45 bits per heavy atom. The van der Waals surface area contributed by atoms with E-state index in [-0.39, 0.29) is 5.91 Å². The van der Waals surface area contributed by atoms with Crippen molar-refractivity contribution >= 4 is 11.6 Å². The number of aromatic nitrogens is 3. The molecule has 3 N–H and O–H groups in total. The zero-order valence-corrected chi connectivity index (χ0v) is 11.7. The molecule has 0 spiro atoms. The largest absolute Gasteiger partial charge is 0.321 e. The second-order valence-electron chi connectivity index (χ2n) is 4.95. The molecule has 1 atom stereocenters. The summed E-state index contributed by atoms with van der Waals surface area (Å²) < 4.78 is 1.60. The van der Waals surface area contributed by atoms with E-state index in [1.54, 1.807) is 48.4 Å². The molecule has 0 bridgehead atoms. The van der Waals surface area contributed by atoms with Gasteiger partial charge in [-0.2, -0.15) is 5.10 Å². The summed E-state index contributed by atoms with van der Waals surface area (Å²) in [5, 5.41) is 6.96. The van der Waals surface area contributed by atoms with Gasteiger partial charge < -0.3 is 11.1 Å². The predicted octanol–water partition coefficient (Wildman–Crippen LogP) is 1.72. The lowest BCUT2D eigenvalue weighted by molar-refractivity contribution is -0.120. The highest BCUT2D eigenvalue weighted by molar-refractivity contribution is 5.98. The molecule has 106 valence electrons. The van der Waals surface area contributed by atoms with E-state index < -0.39 is 5.54 Å². The standard InChI is InChI=1S/C14H19N5O/c1-3-7-14(2,15)13(20)18-11-6-4-8-16-12(11)19-10-5-9-17-19/h4-6,8-10H,3,7,15H2,1-2H3,(H,18,20). The molecule has 20 heavy (non-hydrogen) atoms. The highest BCUT2D eigenvalue weighted by Crippen LogP contribution is 2.19. The maximum atomic E-state index is 12.3. The monoisotopic (exact) mass is 273 g/mol. The zero-order valence-electron chi connectivity index (χ0n) is 11.7. The van der Waals surface area contributed by atoms with Crippen LogP contribution in [0.25, 0.3) is 5.82 Å². The Kier molecular flexibility index (Phi) is 4.14. The van der Waals surface area contributed by atoms with Crippen LogP contribution in [-0.4, -0.2) is 26.2 Å².